The maximum atomic E-state index is 5.97. The monoisotopic (exact) mass is 271 g/mol. The molecular formula is C17H21NO2. The summed E-state index contributed by atoms with van der Waals surface area (Å²) in [7, 11) is 1.73. The van der Waals surface area contributed by atoms with Crippen LogP contribution < -0.4 is 5.32 Å². The van der Waals surface area contributed by atoms with Crippen LogP contribution in [0.1, 0.15) is 24.2 Å². The summed E-state index contributed by atoms with van der Waals surface area (Å²) in [6, 6.07) is 13.2. The minimum absolute atomic E-state index is 0.706. The molecule has 20 heavy (non-hydrogen) atoms. The zero-order chi connectivity index (χ0) is 13.8. The third-order valence-corrected chi connectivity index (χ3v) is 3.66. The maximum Gasteiger partial charge on any atom is 0.134 e. The van der Waals surface area contributed by atoms with Crippen molar-refractivity contribution < 1.29 is 9.15 Å². The fraction of sp³-hybridized carbons (Fsp3) is 0.412. The molecule has 1 aliphatic carbocycles. The lowest BCUT2D eigenvalue weighted by atomic mass is 10.0. The van der Waals surface area contributed by atoms with Crippen LogP contribution in [0.3, 0.4) is 0 Å². The molecule has 106 valence electrons. The van der Waals surface area contributed by atoms with Gasteiger partial charge in [0.2, 0.25) is 0 Å². The van der Waals surface area contributed by atoms with E-state index in [1.54, 1.807) is 7.11 Å². The lowest BCUT2D eigenvalue weighted by molar-refractivity contribution is 0.202. The average Bonchev–Trinajstić information content (AvgIpc) is 3.20. The molecule has 1 aromatic heterocycles. The van der Waals surface area contributed by atoms with Crippen LogP contribution in [0.15, 0.2) is 40.8 Å². The Hall–Kier alpha value is -1.58. The number of hydrogen-bond acceptors (Lipinski definition) is 3. The van der Waals surface area contributed by atoms with Gasteiger partial charge in [0.05, 0.1) is 13.2 Å². The van der Waals surface area contributed by atoms with E-state index in [9.17, 15) is 0 Å². The van der Waals surface area contributed by atoms with Crippen LogP contribution in [0.4, 0.5) is 0 Å². The molecule has 3 nitrogen and oxygen atoms in total. The molecule has 0 saturated heterocycles. The topological polar surface area (TPSA) is 34.4 Å². The molecule has 3 heteroatoms. The summed E-state index contributed by atoms with van der Waals surface area (Å²) in [5.74, 6) is 1.96. The number of benzene rings is 1. The highest BCUT2D eigenvalue weighted by molar-refractivity contribution is 5.62. The van der Waals surface area contributed by atoms with Gasteiger partial charge < -0.3 is 14.5 Å². The van der Waals surface area contributed by atoms with Crippen molar-refractivity contribution in [1.29, 1.82) is 0 Å². The Balaban J connectivity index is 1.73. The quantitative estimate of drug-likeness (QED) is 0.838. The van der Waals surface area contributed by atoms with Gasteiger partial charge in [0.1, 0.15) is 11.5 Å². The maximum absolute atomic E-state index is 5.97. The van der Waals surface area contributed by atoms with Crippen molar-refractivity contribution in [2.75, 3.05) is 13.7 Å². The number of nitrogens with one attached hydrogen (secondary N) is 1. The lowest BCUT2D eigenvalue weighted by Gasteiger charge is -2.06. The van der Waals surface area contributed by atoms with E-state index in [1.807, 2.05) is 0 Å². The SMILES string of the molecule is COCCc1ccccc1-c1ccc(CNC2CC2)o1. The van der Waals surface area contributed by atoms with Crippen LogP contribution in [0.2, 0.25) is 0 Å². The van der Waals surface area contributed by atoms with E-state index in [2.05, 4.69) is 41.7 Å². The Morgan fingerprint density at radius 2 is 2.05 bits per heavy atom. The van der Waals surface area contributed by atoms with Crippen LogP contribution in [-0.4, -0.2) is 19.8 Å². The molecule has 1 saturated carbocycles. The van der Waals surface area contributed by atoms with E-state index >= 15 is 0 Å². The number of ether oxygens (including phenoxy) is 1. The van der Waals surface area contributed by atoms with Gasteiger partial charge in [-0.1, -0.05) is 24.3 Å². The van der Waals surface area contributed by atoms with Gasteiger partial charge in [0, 0.05) is 18.7 Å². The number of furan rings is 1. The van der Waals surface area contributed by atoms with Gasteiger partial charge in [-0.05, 0) is 37.0 Å². The van der Waals surface area contributed by atoms with E-state index in [0.717, 1.165) is 31.1 Å². The first kappa shape index (κ1) is 13.4. The summed E-state index contributed by atoms with van der Waals surface area (Å²) in [4.78, 5) is 0. The van der Waals surface area contributed by atoms with Crippen molar-refractivity contribution in [3.05, 3.63) is 47.7 Å². The molecular weight excluding hydrogens is 250 g/mol. The highest BCUT2D eigenvalue weighted by Crippen LogP contribution is 2.27. The Kier molecular flexibility index (Phi) is 4.19. The van der Waals surface area contributed by atoms with E-state index < -0.39 is 0 Å². The summed E-state index contributed by atoms with van der Waals surface area (Å²) in [5.41, 5.74) is 2.44. The third kappa shape index (κ3) is 3.30. The molecule has 0 atom stereocenters. The zero-order valence-electron chi connectivity index (χ0n) is 11.9. The molecule has 0 spiro atoms. The Bertz CT molecular complexity index is 558. The fourth-order valence-corrected chi connectivity index (χ4v) is 2.34. The summed E-state index contributed by atoms with van der Waals surface area (Å²) >= 11 is 0. The summed E-state index contributed by atoms with van der Waals surface area (Å²) in [6.45, 7) is 1.55. The van der Waals surface area contributed by atoms with Gasteiger partial charge in [-0.25, -0.2) is 0 Å². The van der Waals surface area contributed by atoms with Gasteiger partial charge in [0.15, 0.2) is 0 Å². The predicted molar refractivity (Wildman–Crippen MR) is 79.6 cm³/mol. The Labute approximate surface area is 119 Å². The Morgan fingerprint density at radius 1 is 1.20 bits per heavy atom. The minimum atomic E-state index is 0.706. The summed E-state index contributed by atoms with van der Waals surface area (Å²) < 4.78 is 11.1. The van der Waals surface area contributed by atoms with Crippen molar-refractivity contribution >= 4 is 0 Å². The minimum Gasteiger partial charge on any atom is -0.460 e. The fourth-order valence-electron chi connectivity index (χ4n) is 2.34. The second-order valence-electron chi connectivity index (χ2n) is 5.32. The highest BCUT2D eigenvalue weighted by atomic mass is 16.5. The molecule has 1 heterocycles. The standard InChI is InChI=1S/C17H21NO2/c1-19-11-10-13-4-2-3-5-16(13)17-9-8-15(20-17)12-18-14-6-7-14/h2-5,8-9,14,18H,6-7,10-12H2,1H3. The van der Waals surface area contributed by atoms with E-state index in [-0.39, 0.29) is 0 Å². The average molecular weight is 271 g/mol. The molecule has 1 aromatic carbocycles. The van der Waals surface area contributed by atoms with Gasteiger partial charge in [-0.3, -0.25) is 0 Å². The molecule has 1 aliphatic rings. The van der Waals surface area contributed by atoms with Crippen LogP contribution in [0, 0.1) is 0 Å². The van der Waals surface area contributed by atoms with Gasteiger partial charge in [-0.2, -0.15) is 0 Å². The van der Waals surface area contributed by atoms with E-state index in [0.29, 0.717) is 6.04 Å². The van der Waals surface area contributed by atoms with E-state index in [4.69, 9.17) is 9.15 Å². The van der Waals surface area contributed by atoms with Crippen molar-refractivity contribution in [2.45, 2.75) is 31.8 Å². The van der Waals surface area contributed by atoms with Crippen LogP contribution in [0.25, 0.3) is 11.3 Å². The lowest BCUT2D eigenvalue weighted by Crippen LogP contribution is -2.14. The molecule has 0 unspecified atom stereocenters. The summed E-state index contributed by atoms with van der Waals surface area (Å²) in [6.07, 6.45) is 3.50. The second-order valence-corrected chi connectivity index (χ2v) is 5.32. The molecule has 0 amide bonds. The first-order valence-electron chi connectivity index (χ1n) is 7.26. The first-order chi connectivity index (χ1) is 9.86. The van der Waals surface area contributed by atoms with Crippen LogP contribution >= 0.6 is 0 Å². The van der Waals surface area contributed by atoms with Crippen molar-refractivity contribution in [3.8, 4) is 11.3 Å². The highest BCUT2D eigenvalue weighted by Gasteiger charge is 2.20. The van der Waals surface area contributed by atoms with Gasteiger partial charge in [-0.15, -0.1) is 0 Å². The van der Waals surface area contributed by atoms with Crippen LogP contribution in [-0.2, 0) is 17.7 Å². The predicted octanol–water partition coefficient (Wildman–Crippen LogP) is 3.39. The molecule has 0 bridgehead atoms. The molecule has 1 N–H and O–H groups in total. The second kappa shape index (κ2) is 6.25. The first-order valence-corrected chi connectivity index (χ1v) is 7.26. The van der Waals surface area contributed by atoms with Crippen molar-refractivity contribution in [2.24, 2.45) is 0 Å². The van der Waals surface area contributed by atoms with Crippen molar-refractivity contribution in [1.82, 2.24) is 5.32 Å². The molecule has 3 rings (SSSR count). The number of methoxy groups -OCH3 is 1. The zero-order valence-corrected chi connectivity index (χ0v) is 11.9. The van der Waals surface area contributed by atoms with Crippen molar-refractivity contribution in [3.63, 3.8) is 0 Å². The smallest absolute Gasteiger partial charge is 0.134 e. The van der Waals surface area contributed by atoms with Gasteiger partial charge in [0.25, 0.3) is 0 Å². The Morgan fingerprint density at radius 3 is 2.85 bits per heavy atom. The third-order valence-electron chi connectivity index (χ3n) is 3.66. The number of rotatable bonds is 7. The largest absolute Gasteiger partial charge is 0.460 e. The summed E-state index contributed by atoms with van der Waals surface area (Å²) in [5, 5.41) is 3.47. The number of hydrogen-bond donors (Lipinski definition) is 1. The molecule has 1 fully saturated rings. The van der Waals surface area contributed by atoms with Crippen LogP contribution in [0.5, 0.6) is 0 Å². The van der Waals surface area contributed by atoms with E-state index in [1.165, 1.54) is 24.0 Å². The molecule has 2 aromatic rings. The molecule has 0 radical (unpaired) electrons. The molecule has 0 aliphatic heterocycles. The van der Waals surface area contributed by atoms with Gasteiger partial charge >= 0.3 is 0 Å². The normalized spacial score (nSPS) is 14.7.